The van der Waals surface area contributed by atoms with Gasteiger partial charge in [-0.1, -0.05) is 42.5 Å². The number of hydrogen-bond acceptors (Lipinski definition) is 2. The molecule has 2 nitrogen and oxygen atoms in total. The number of nitrogens with one attached hydrogen (secondary N) is 1. The number of hydrogen-bond donors (Lipinski definition) is 1. The predicted molar refractivity (Wildman–Crippen MR) is 110 cm³/mol. The van der Waals surface area contributed by atoms with Gasteiger partial charge < -0.3 is 5.41 Å². The minimum atomic E-state index is -0.372. The van der Waals surface area contributed by atoms with Crippen LogP contribution in [0, 0.1) is 18.2 Å². The smallest absolute Gasteiger partial charge is 0.131 e. The van der Waals surface area contributed by atoms with E-state index >= 15 is 0 Å². The van der Waals surface area contributed by atoms with E-state index in [-0.39, 0.29) is 11.5 Å². The lowest BCUT2D eigenvalue weighted by Gasteiger charge is -2.13. The minimum absolute atomic E-state index is 0.248. The van der Waals surface area contributed by atoms with E-state index in [2.05, 4.69) is 11.6 Å². The van der Waals surface area contributed by atoms with Crippen molar-refractivity contribution in [1.29, 1.82) is 5.41 Å². The van der Waals surface area contributed by atoms with Gasteiger partial charge in [-0.2, -0.15) is 0 Å². The zero-order chi connectivity index (χ0) is 19.1. The van der Waals surface area contributed by atoms with Gasteiger partial charge in [0.2, 0.25) is 0 Å². The van der Waals surface area contributed by atoms with E-state index < -0.39 is 0 Å². The monoisotopic (exact) mass is 366 g/mol. The van der Waals surface area contributed by atoms with Crippen molar-refractivity contribution in [3.63, 3.8) is 0 Å². The first-order chi connectivity index (χ1) is 12.5. The van der Waals surface area contributed by atoms with Gasteiger partial charge >= 0.3 is 0 Å². The number of allylic oxidation sites excluding steroid dienone is 4. The standard InChI is InChI=1S/C22H20ClFN2/c1-4-13-26-17(5-2)10-12-21(25)18-8-6-7-15(3)22(18)19-14-16(23)9-11-20(19)24/h4-14,25H,2H2,1,3H3/b12-10-,13-4?,25-21?,26-17?. The molecule has 0 radical (unpaired) electrons. The Bertz CT molecular complexity index is 924. The van der Waals surface area contributed by atoms with Gasteiger partial charge in [-0.25, -0.2) is 4.39 Å². The Hall–Kier alpha value is -2.78. The van der Waals surface area contributed by atoms with Crippen LogP contribution < -0.4 is 0 Å². The summed E-state index contributed by atoms with van der Waals surface area (Å²) in [7, 11) is 0. The Morgan fingerprint density at radius 1 is 1.23 bits per heavy atom. The third kappa shape index (κ3) is 4.64. The summed E-state index contributed by atoms with van der Waals surface area (Å²) in [5, 5.41) is 8.89. The molecular weight excluding hydrogens is 347 g/mol. The molecule has 26 heavy (non-hydrogen) atoms. The van der Waals surface area contributed by atoms with E-state index in [4.69, 9.17) is 17.0 Å². The largest absolute Gasteiger partial charge is 0.300 e. The van der Waals surface area contributed by atoms with Crippen LogP contribution in [0.1, 0.15) is 18.1 Å². The topological polar surface area (TPSA) is 36.2 Å². The molecule has 0 aromatic heterocycles. The van der Waals surface area contributed by atoms with Gasteiger partial charge in [0.15, 0.2) is 0 Å². The number of aliphatic imine (C=N–C) groups is 1. The number of halogens is 2. The van der Waals surface area contributed by atoms with E-state index in [0.29, 0.717) is 27.4 Å². The van der Waals surface area contributed by atoms with Crippen molar-refractivity contribution >= 4 is 23.0 Å². The van der Waals surface area contributed by atoms with Crippen LogP contribution in [-0.4, -0.2) is 11.4 Å². The van der Waals surface area contributed by atoms with Crippen LogP contribution in [0.15, 0.2) is 78.5 Å². The van der Waals surface area contributed by atoms with Crippen molar-refractivity contribution in [2.24, 2.45) is 4.99 Å². The summed E-state index contributed by atoms with van der Waals surface area (Å²) in [6.07, 6.45) is 8.41. The van der Waals surface area contributed by atoms with Gasteiger partial charge in [0.25, 0.3) is 0 Å². The molecule has 0 spiro atoms. The summed E-state index contributed by atoms with van der Waals surface area (Å²) >= 11 is 6.05. The van der Waals surface area contributed by atoms with E-state index in [0.717, 1.165) is 5.56 Å². The number of nitrogens with zero attached hydrogens (tertiary/aromatic N) is 1. The maximum absolute atomic E-state index is 14.4. The van der Waals surface area contributed by atoms with Gasteiger partial charge in [-0.15, -0.1) is 0 Å². The van der Waals surface area contributed by atoms with E-state index in [9.17, 15) is 4.39 Å². The first kappa shape index (κ1) is 19.5. The fourth-order valence-electron chi connectivity index (χ4n) is 2.52. The van der Waals surface area contributed by atoms with Gasteiger partial charge in [-0.3, -0.25) is 4.99 Å². The molecule has 2 rings (SSSR count). The first-order valence-electron chi connectivity index (χ1n) is 8.11. The van der Waals surface area contributed by atoms with Crippen molar-refractivity contribution in [2.75, 3.05) is 0 Å². The van der Waals surface area contributed by atoms with Gasteiger partial charge in [-0.05, 0) is 61.4 Å². The highest BCUT2D eigenvalue weighted by Crippen LogP contribution is 2.32. The average molecular weight is 367 g/mol. The van der Waals surface area contributed by atoms with E-state index in [1.165, 1.54) is 12.1 Å². The third-order valence-electron chi connectivity index (χ3n) is 3.76. The molecule has 4 heteroatoms. The fourth-order valence-corrected chi connectivity index (χ4v) is 2.69. The van der Waals surface area contributed by atoms with Crippen molar-refractivity contribution in [3.05, 3.63) is 95.4 Å². The maximum Gasteiger partial charge on any atom is 0.131 e. The fraction of sp³-hybridized carbons (Fsp3) is 0.0909. The lowest BCUT2D eigenvalue weighted by atomic mass is 9.92. The Labute approximate surface area is 158 Å². The zero-order valence-corrected chi connectivity index (χ0v) is 15.5. The van der Waals surface area contributed by atoms with Crippen LogP contribution >= 0.6 is 11.6 Å². The SMILES string of the molecule is C=CC(/C=C\C(=N)c1cccc(C)c1-c1cc(Cl)ccc1F)=NC=CC. The summed E-state index contributed by atoms with van der Waals surface area (Å²) < 4.78 is 14.4. The van der Waals surface area contributed by atoms with Crippen LogP contribution in [0.4, 0.5) is 4.39 Å². The van der Waals surface area contributed by atoms with Crippen LogP contribution in [0.5, 0.6) is 0 Å². The molecule has 1 N–H and O–H groups in total. The molecule has 0 bridgehead atoms. The van der Waals surface area contributed by atoms with Gasteiger partial charge in [0.05, 0.1) is 11.4 Å². The zero-order valence-electron chi connectivity index (χ0n) is 14.8. The van der Waals surface area contributed by atoms with Crippen LogP contribution in [0.3, 0.4) is 0 Å². The summed E-state index contributed by atoms with van der Waals surface area (Å²) in [6, 6.07) is 9.97. The molecule has 0 aliphatic carbocycles. The lowest BCUT2D eigenvalue weighted by Crippen LogP contribution is -2.02. The molecular formula is C22H20ClFN2. The third-order valence-corrected chi connectivity index (χ3v) is 4.00. The molecule has 2 aromatic carbocycles. The average Bonchev–Trinajstić information content (AvgIpc) is 2.63. The quantitative estimate of drug-likeness (QED) is 0.563. The molecule has 0 aliphatic heterocycles. The lowest BCUT2D eigenvalue weighted by molar-refractivity contribution is 0.631. The first-order valence-corrected chi connectivity index (χ1v) is 8.49. The van der Waals surface area contributed by atoms with Crippen molar-refractivity contribution < 1.29 is 4.39 Å². The Kier molecular flexibility index (Phi) is 6.81. The summed E-state index contributed by atoms with van der Waals surface area (Å²) in [5.41, 5.74) is 3.42. The Morgan fingerprint density at radius 2 is 2.00 bits per heavy atom. The highest BCUT2D eigenvalue weighted by atomic mass is 35.5. The predicted octanol–water partition coefficient (Wildman–Crippen LogP) is 6.54. The van der Waals surface area contributed by atoms with Crippen molar-refractivity contribution in [2.45, 2.75) is 13.8 Å². The van der Waals surface area contributed by atoms with Crippen molar-refractivity contribution in [3.8, 4) is 11.1 Å². The second kappa shape index (κ2) is 9.07. The van der Waals surface area contributed by atoms with Crippen LogP contribution in [0.2, 0.25) is 5.02 Å². The van der Waals surface area contributed by atoms with Crippen LogP contribution in [0.25, 0.3) is 11.1 Å². The molecule has 0 heterocycles. The maximum atomic E-state index is 14.4. The Morgan fingerprint density at radius 3 is 2.69 bits per heavy atom. The molecule has 0 atom stereocenters. The number of aryl methyl sites for hydroxylation is 1. The summed E-state index contributed by atoms with van der Waals surface area (Å²) in [5.74, 6) is -0.372. The summed E-state index contributed by atoms with van der Waals surface area (Å²) in [6.45, 7) is 7.47. The second-order valence-electron chi connectivity index (χ2n) is 5.61. The number of rotatable bonds is 6. The summed E-state index contributed by atoms with van der Waals surface area (Å²) in [4.78, 5) is 4.21. The van der Waals surface area contributed by atoms with E-state index in [1.54, 1.807) is 36.6 Å². The second-order valence-corrected chi connectivity index (χ2v) is 6.05. The van der Waals surface area contributed by atoms with Gasteiger partial charge in [0, 0.05) is 22.3 Å². The normalized spacial score (nSPS) is 12.1. The molecule has 0 fully saturated rings. The molecule has 0 saturated heterocycles. The highest BCUT2D eigenvalue weighted by molar-refractivity contribution is 6.31. The van der Waals surface area contributed by atoms with Gasteiger partial charge in [0.1, 0.15) is 5.82 Å². The molecule has 2 aromatic rings. The Balaban J connectivity index is 2.51. The molecule has 0 aliphatic rings. The molecule has 0 unspecified atom stereocenters. The molecule has 0 saturated carbocycles. The minimum Gasteiger partial charge on any atom is -0.300 e. The van der Waals surface area contributed by atoms with Crippen LogP contribution in [-0.2, 0) is 0 Å². The van der Waals surface area contributed by atoms with E-state index in [1.807, 2.05) is 32.1 Å². The molecule has 132 valence electrons. The highest BCUT2D eigenvalue weighted by Gasteiger charge is 2.15. The molecule has 0 amide bonds. The van der Waals surface area contributed by atoms with Crippen molar-refractivity contribution in [1.82, 2.24) is 0 Å². The number of benzene rings is 2.